The second kappa shape index (κ2) is 5.90. The summed E-state index contributed by atoms with van der Waals surface area (Å²) in [5.74, 6) is -0.183. The molecule has 0 aliphatic carbocycles. The Balaban J connectivity index is 2.26. The van der Waals surface area contributed by atoms with E-state index in [0.29, 0.717) is 13.0 Å². The predicted molar refractivity (Wildman–Crippen MR) is 60.6 cm³/mol. The minimum atomic E-state index is -0.183. The predicted octanol–water partition coefficient (Wildman–Crippen LogP) is 1.63. The molecule has 0 heterocycles. The number of anilines is 2. The van der Waals surface area contributed by atoms with Crippen molar-refractivity contribution >= 4 is 17.3 Å². The fourth-order valence-electron chi connectivity index (χ4n) is 1.22. The zero-order valence-electron chi connectivity index (χ0n) is 8.82. The van der Waals surface area contributed by atoms with Crippen LogP contribution in [0.3, 0.4) is 0 Å². The molecule has 1 rings (SSSR count). The smallest absolute Gasteiger partial charge is 0.305 e. The number of carbonyl (C=O) groups excluding carboxylic acids is 1. The van der Waals surface area contributed by atoms with Gasteiger partial charge >= 0.3 is 5.97 Å². The Kier molecular flexibility index (Phi) is 4.47. The second-order valence-electron chi connectivity index (χ2n) is 3.19. The molecule has 0 unspecified atom stereocenters. The van der Waals surface area contributed by atoms with E-state index < -0.39 is 0 Å². The summed E-state index contributed by atoms with van der Waals surface area (Å²) in [6, 6.07) is 7.55. The Morgan fingerprint density at radius 3 is 2.87 bits per heavy atom. The summed E-state index contributed by atoms with van der Waals surface area (Å²) < 4.78 is 4.53. The monoisotopic (exact) mass is 208 g/mol. The number of rotatable bonds is 5. The van der Waals surface area contributed by atoms with Gasteiger partial charge < -0.3 is 15.8 Å². The minimum absolute atomic E-state index is 0.183. The number of nitrogens with two attached hydrogens (primary N) is 1. The lowest BCUT2D eigenvalue weighted by Crippen LogP contribution is -2.07. The molecule has 1 aromatic carbocycles. The number of carbonyl (C=O) groups is 1. The third kappa shape index (κ3) is 3.89. The Hall–Kier alpha value is -1.71. The molecule has 1 aromatic rings. The van der Waals surface area contributed by atoms with E-state index in [9.17, 15) is 4.79 Å². The van der Waals surface area contributed by atoms with Gasteiger partial charge in [0, 0.05) is 13.0 Å². The molecule has 4 nitrogen and oxygen atoms in total. The standard InChI is InChI=1S/C11H16N2O2/c1-15-11(14)7-4-8-13-10-6-3-2-5-9(10)12/h2-3,5-6,13H,4,7-8,12H2,1H3. The molecule has 0 spiro atoms. The highest BCUT2D eigenvalue weighted by Gasteiger charge is 2.00. The molecule has 0 bridgehead atoms. The van der Waals surface area contributed by atoms with Crippen LogP contribution in [0, 0.1) is 0 Å². The van der Waals surface area contributed by atoms with Crippen molar-refractivity contribution in [3.8, 4) is 0 Å². The summed E-state index contributed by atoms with van der Waals surface area (Å²) in [5.41, 5.74) is 7.36. The van der Waals surface area contributed by atoms with Gasteiger partial charge in [0.15, 0.2) is 0 Å². The fraction of sp³-hybridized carbons (Fsp3) is 0.364. The number of hydrogen-bond donors (Lipinski definition) is 2. The van der Waals surface area contributed by atoms with E-state index in [-0.39, 0.29) is 5.97 Å². The van der Waals surface area contributed by atoms with Crippen molar-refractivity contribution in [3.05, 3.63) is 24.3 Å². The molecule has 0 saturated heterocycles. The average molecular weight is 208 g/mol. The van der Waals surface area contributed by atoms with Gasteiger partial charge in [-0.1, -0.05) is 12.1 Å². The molecule has 0 aliphatic rings. The van der Waals surface area contributed by atoms with Crippen molar-refractivity contribution in [3.63, 3.8) is 0 Å². The van der Waals surface area contributed by atoms with Crippen molar-refractivity contribution in [1.29, 1.82) is 0 Å². The third-order valence-electron chi connectivity index (χ3n) is 2.06. The van der Waals surface area contributed by atoms with Crippen LogP contribution in [0.1, 0.15) is 12.8 Å². The number of para-hydroxylation sites is 2. The van der Waals surface area contributed by atoms with E-state index in [1.807, 2.05) is 24.3 Å². The second-order valence-corrected chi connectivity index (χ2v) is 3.19. The topological polar surface area (TPSA) is 64.3 Å². The first kappa shape index (κ1) is 11.4. The van der Waals surface area contributed by atoms with Crippen LogP contribution < -0.4 is 11.1 Å². The van der Waals surface area contributed by atoms with E-state index in [1.54, 1.807) is 0 Å². The van der Waals surface area contributed by atoms with E-state index in [2.05, 4.69) is 10.1 Å². The normalized spacial score (nSPS) is 9.67. The van der Waals surface area contributed by atoms with Crippen LogP contribution in [0.5, 0.6) is 0 Å². The first-order valence-corrected chi connectivity index (χ1v) is 4.89. The number of benzene rings is 1. The van der Waals surface area contributed by atoms with Gasteiger partial charge in [0.05, 0.1) is 18.5 Å². The maximum atomic E-state index is 10.8. The van der Waals surface area contributed by atoms with E-state index in [4.69, 9.17) is 5.73 Å². The Labute approximate surface area is 89.4 Å². The summed E-state index contributed by atoms with van der Waals surface area (Å²) >= 11 is 0. The molecule has 4 heteroatoms. The van der Waals surface area contributed by atoms with Crippen LogP contribution >= 0.6 is 0 Å². The van der Waals surface area contributed by atoms with Crippen LogP contribution in [0.15, 0.2) is 24.3 Å². The van der Waals surface area contributed by atoms with Crippen LogP contribution in [-0.4, -0.2) is 19.6 Å². The first-order valence-electron chi connectivity index (χ1n) is 4.89. The van der Waals surface area contributed by atoms with Crippen molar-refractivity contribution in [2.24, 2.45) is 0 Å². The molecule has 15 heavy (non-hydrogen) atoms. The van der Waals surface area contributed by atoms with E-state index in [1.165, 1.54) is 7.11 Å². The lowest BCUT2D eigenvalue weighted by atomic mass is 10.2. The van der Waals surface area contributed by atoms with Gasteiger partial charge in [0.1, 0.15) is 0 Å². The van der Waals surface area contributed by atoms with Crippen LogP contribution in [-0.2, 0) is 9.53 Å². The fourth-order valence-corrected chi connectivity index (χ4v) is 1.22. The maximum absolute atomic E-state index is 10.8. The number of esters is 1. The molecule has 0 amide bonds. The molecule has 0 fully saturated rings. The molecular formula is C11H16N2O2. The summed E-state index contributed by atoms with van der Waals surface area (Å²) in [5, 5.41) is 3.16. The molecule has 0 aromatic heterocycles. The Morgan fingerprint density at radius 2 is 2.20 bits per heavy atom. The maximum Gasteiger partial charge on any atom is 0.305 e. The minimum Gasteiger partial charge on any atom is -0.469 e. The van der Waals surface area contributed by atoms with Crippen molar-refractivity contribution in [2.45, 2.75) is 12.8 Å². The van der Waals surface area contributed by atoms with Gasteiger partial charge in [-0.25, -0.2) is 0 Å². The van der Waals surface area contributed by atoms with Crippen molar-refractivity contribution in [1.82, 2.24) is 0 Å². The Morgan fingerprint density at radius 1 is 1.47 bits per heavy atom. The third-order valence-corrected chi connectivity index (χ3v) is 2.06. The van der Waals surface area contributed by atoms with Crippen molar-refractivity contribution in [2.75, 3.05) is 24.7 Å². The average Bonchev–Trinajstić information content (AvgIpc) is 2.26. The van der Waals surface area contributed by atoms with Gasteiger partial charge in [0.2, 0.25) is 0 Å². The number of ether oxygens (including phenoxy) is 1. The SMILES string of the molecule is COC(=O)CCCNc1ccccc1N. The van der Waals surface area contributed by atoms with Crippen LogP contribution in [0.25, 0.3) is 0 Å². The molecule has 0 radical (unpaired) electrons. The number of hydrogen-bond acceptors (Lipinski definition) is 4. The highest BCUT2D eigenvalue weighted by molar-refractivity contribution is 5.69. The molecule has 0 atom stereocenters. The summed E-state index contributed by atoms with van der Waals surface area (Å²) in [6.07, 6.45) is 1.16. The molecule has 0 saturated carbocycles. The Bertz CT molecular complexity index is 326. The zero-order chi connectivity index (χ0) is 11.1. The lowest BCUT2D eigenvalue weighted by molar-refractivity contribution is -0.140. The van der Waals surface area contributed by atoms with Gasteiger partial charge in [-0.05, 0) is 18.6 Å². The van der Waals surface area contributed by atoms with E-state index in [0.717, 1.165) is 17.8 Å². The zero-order valence-corrected chi connectivity index (χ0v) is 8.82. The van der Waals surface area contributed by atoms with Gasteiger partial charge in [0.25, 0.3) is 0 Å². The summed E-state index contributed by atoms with van der Waals surface area (Å²) in [7, 11) is 1.39. The van der Waals surface area contributed by atoms with Gasteiger partial charge in [-0.2, -0.15) is 0 Å². The highest BCUT2D eigenvalue weighted by atomic mass is 16.5. The first-order chi connectivity index (χ1) is 7.24. The number of nitrogens with one attached hydrogen (secondary N) is 1. The number of nitrogen functional groups attached to an aromatic ring is 1. The van der Waals surface area contributed by atoms with Crippen LogP contribution in [0.2, 0.25) is 0 Å². The van der Waals surface area contributed by atoms with Crippen molar-refractivity contribution < 1.29 is 9.53 Å². The van der Waals surface area contributed by atoms with Gasteiger partial charge in [-0.15, -0.1) is 0 Å². The molecule has 0 aliphatic heterocycles. The van der Waals surface area contributed by atoms with Crippen LogP contribution in [0.4, 0.5) is 11.4 Å². The lowest BCUT2D eigenvalue weighted by Gasteiger charge is -2.07. The van der Waals surface area contributed by atoms with Gasteiger partial charge in [-0.3, -0.25) is 4.79 Å². The van der Waals surface area contributed by atoms with E-state index >= 15 is 0 Å². The summed E-state index contributed by atoms with van der Waals surface area (Å²) in [6.45, 7) is 0.712. The molecular weight excluding hydrogens is 192 g/mol. The molecule has 3 N–H and O–H groups in total. The summed E-state index contributed by atoms with van der Waals surface area (Å²) in [4.78, 5) is 10.8. The quantitative estimate of drug-likeness (QED) is 0.438. The number of methoxy groups -OCH3 is 1. The largest absolute Gasteiger partial charge is 0.469 e. The highest BCUT2D eigenvalue weighted by Crippen LogP contribution is 2.16. The molecule has 82 valence electrons.